The van der Waals surface area contributed by atoms with Gasteiger partial charge in [-0.2, -0.15) is 13.2 Å². The van der Waals surface area contributed by atoms with Crippen molar-refractivity contribution < 1.29 is 41.7 Å². The quantitative estimate of drug-likeness (QED) is 0.549. The number of rotatable bonds is 3. The summed E-state index contributed by atoms with van der Waals surface area (Å²) in [6.07, 6.45) is -0.971. The van der Waals surface area contributed by atoms with Gasteiger partial charge >= 0.3 is 6.18 Å². The van der Waals surface area contributed by atoms with Crippen LogP contribution in [0.2, 0.25) is 0 Å². The van der Waals surface area contributed by atoms with Crippen LogP contribution in [0.5, 0.6) is 0 Å². The predicted octanol–water partition coefficient (Wildman–Crippen LogP) is 0.474. The zero-order valence-electron chi connectivity index (χ0n) is 9.62. The summed E-state index contributed by atoms with van der Waals surface area (Å²) in [4.78, 5) is 0. The SMILES string of the molecule is FC(F)(F)CCC[n+]1ccc2ccccc2c1.[I-]. The summed E-state index contributed by atoms with van der Waals surface area (Å²) in [6, 6.07) is 9.71. The number of nitrogens with zero attached hydrogens (tertiary/aromatic N) is 1. The molecule has 0 saturated carbocycles. The van der Waals surface area contributed by atoms with Crippen LogP contribution in [-0.2, 0) is 6.54 Å². The van der Waals surface area contributed by atoms with Gasteiger partial charge in [-0.3, -0.25) is 0 Å². The van der Waals surface area contributed by atoms with Crippen molar-refractivity contribution in [1.29, 1.82) is 0 Å². The molecule has 1 aromatic heterocycles. The Labute approximate surface area is 121 Å². The summed E-state index contributed by atoms with van der Waals surface area (Å²) in [5.74, 6) is 0. The highest BCUT2D eigenvalue weighted by Crippen LogP contribution is 2.21. The Morgan fingerprint density at radius 1 is 1.00 bits per heavy atom. The number of hydrogen-bond acceptors (Lipinski definition) is 0. The van der Waals surface area contributed by atoms with Crippen LogP contribution in [0.3, 0.4) is 0 Å². The molecule has 0 aliphatic heterocycles. The lowest BCUT2D eigenvalue weighted by Crippen LogP contribution is -3.00. The number of alkyl halides is 3. The molecule has 0 aliphatic rings. The zero-order chi connectivity index (χ0) is 12.3. The normalized spacial score (nSPS) is 11.3. The molecule has 0 fully saturated rings. The lowest BCUT2D eigenvalue weighted by Gasteiger charge is -2.03. The minimum Gasteiger partial charge on any atom is -1.00 e. The van der Waals surface area contributed by atoms with Crippen LogP contribution >= 0.6 is 0 Å². The minimum atomic E-state index is -4.06. The number of hydrogen-bond donors (Lipinski definition) is 0. The van der Waals surface area contributed by atoms with Crippen LogP contribution in [0.25, 0.3) is 10.8 Å². The molecule has 1 nitrogen and oxygen atoms in total. The Kier molecular flexibility index (Phi) is 5.37. The fourth-order valence-corrected chi connectivity index (χ4v) is 1.78. The molecular formula is C13H13F3IN. The second-order valence-electron chi connectivity index (χ2n) is 4.03. The Balaban J connectivity index is 0.00000162. The van der Waals surface area contributed by atoms with Gasteiger partial charge in [-0.1, -0.05) is 18.2 Å². The summed E-state index contributed by atoms with van der Waals surface area (Å²) in [6.45, 7) is 0.393. The maximum absolute atomic E-state index is 12.0. The second-order valence-corrected chi connectivity index (χ2v) is 4.03. The highest BCUT2D eigenvalue weighted by atomic mass is 127. The maximum atomic E-state index is 12.0. The van der Waals surface area contributed by atoms with Crippen LogP contribution in [0, 0.1) is 0 Å². The molecule has 1 heterocycles. The Morgan fingerprint density at radius 2 is 1.67 bits per heavy atom. The van der Waals surface area contributed by atoms with Crippen LogP contribution in [-0.4, -0.2) is 6.18 Å². The van der Waals surface area contributed by atoms with Gasteiger partial charge in [-0.05, 0) is 11.5 Å². The predicted molar refractivity (Wildman–Crippen MR) is 59.4 cm³/mol. The second kappa shape index (κ2) is 6.36. The van der Waals surface area contributed by atoms with Crippen LogP contribution in [0.4, 0.5) is 13.2 Å². The highest BCUT2D eigenvalue weighted by molar-refractivity contribution is 5.80. The van der Waals surface area contributed by atoms with Crippen LogP contribution < -0.4 is 28.5 Å². The van der Waals surface area contributed by atoms with Gasteiger partial charge in [0.1, 0.15) is 6.54 Å². The molecule has 0 aliphatic carbocycles. The fourth-order valence-electron chi connectivity index (χ4n) is 1.78. The molecular weight excluding hydrogens is 354 g/mol. The van der Waals surface area contributed by atoms with E-state index < -0.39 is 12.6 Å². The minimum absolute atomic E-state index is 0. The fraction of sp³-hybridized carbons (Fsp3) is 0.308. The molecule has 0 amide bonds. The van der Waals surface area contributed by atoms with Crippen molar-refractivity contribution in [2.45, 2.75) is 25.6 Å². The first-order chi connectivity index (χ1) is 8.04. The zero-order valence-corrected chi connectivity index (χ0v) is 11.8. The molecule has 2 rings (SSSR count). The average Bonchev–Trinajstić information content (AvgIpc) is 2.27. The molecule has 0 bridgehead atoms. The molecule has 0 saturated heterocycles. The van der Waals surface area contributed by atoms with E-state index in [2.05, 4.69) is 0 Å². The molecule has 0 N–H and O–H groups in total. The van der Waals surface area contributed by atoms with Gasteiger partial charge in [0.05, 0.1) is 0 Å². The molecule has 98 valence electrons. The summed E-state index contributed by atoms with van der Waals surface area (Å²) in [5, 5.41) is 2.14. The van der Waals surface area contributed by atoms with Gasteiger partial charge in [0.2, 0.25) is 0 Å². The standard InChI is InChI=1S/C13H13F3N.HI/c14-13(15,16)7-3-8-17-9-6-11-4-1-2-5-12(11)10-17;/h1-2,4-6,9-10H,3,7-8H2;1H/q+1;/p-1. The Hall–Kier alpha value is -0.850. The number of aromatic nitrogens is 1. The lowest BCUT2D eigenvalue weighted by molar-refractivity contribution is -0.696. The van der Waals surface area contributed by atoms with Gasteiger partial charge < -0.3 is 24.0 Å². The number of pyridine rings is 1. The van der Waals surface area contributed by atoms with Crippen molar-refractivity contribution in [1.82, 2.24) is 0 Å². The van der Waals surface area contributed by atoms with E-state index >= 15 is 0 Å². The van der Waals surface area contributed by atoms with E-state index in [1.54, 1.807) is 4.57 Å². The number of halogens is 4. The average molecular weight is 367 g/mol. The van der Waals surface area contributed by atoms with E-state index in [0.717, 1.165) is 10.8 Å². The summed E-state index contributed by atoms with van der Waals surface area (Å²) in [5.41, 5.74) is 0. The van der Waals surface area contributed by atoms with E-state index in [4.69, 9.17) is 0 Å². The van der Waals surface area contributed by atoms with Gasteiger partial charge in [0.25, 0.3) is 0 Å². The first kappa shape index (κ1) is 15.2. The summed E-state index contributed by atoms with van der Waals surface area (Å²) in [7, 11) is 0. The van der Waals surface area contributed by atoms with Crippen molar-refractivity contribution in [3.05, 3.63) is 42.7 Å². The van der Waals surface area contributed by atoms with E-state index in [0.29, 0.717) is 6.54 Å². The molecule has 2 aromatic rings. The third kappa shape index (κ3) is 4.44. The van der Waals surface area contributed by atoms with E-state index in [1.165, 1.54) is 0 Å². The molecule has 0 unspecified atom stereocenters. The molecule has 0 radical (unpaired) electrons. The Bertz CT molecular complexity index is 511. The van der Waals surface area contributed by atoms with Crippen molar-refractivity contribution in [2.75, 3.05) is 0 Å². The Morgan fingerprint density at radius 3 is 2.33 bits per heavy atom. The van der Waals surface area contributed by atoms with E-state index in [-0.39, 0.29) is 30.4 Å². The molecule has 0 spiro atoms. The van der Waals surface area contributed by atoms with E-state index in [9.17, 15) is 13.2 Å². The van der Waals surface area contributed by atoms with Gasteiger partial charge in [0, 0.05) is 24.3 Å². The number of aryl methyl sites for hydroxylation is 1. The van der Waals surface area contributed by atoms with Gasteiger partial charge in [0.15, 0.2) is 12.4 Å². The third-order valence-corrected chi connectivity index (χ3v) is 2.62. The first-order valence-corrected chi connectivity index (χ1v) is 5.49. The molecule has 0 atom stereocenters. The van der Waals surface area contributed by atoms with Crippen LogP contribution in [0.15, 0.2) is 42.7 Å². The third-order valence-electron chi connectivity index (χ3n) is 2.62. The van der Waals surface area contributed by atoms with Gasteiger partial charge in [-0.15, -0.1) is 0 Å². The van der Waals surface area contributed by atoms with Crippen molar-refractivity contribution in [3.63, 3.8) is 0 Å². The molecule has 5 heteroatoms. The monoisotopic (exact) mass is 367 g/mol. The molecule has 18 heavy (non-hydrogen) atoms. The van der Waals surface area contributed by atoms with E-state index in [1.807, 2.05) is 42.7 Å². The molecule has 1 aromatic carbocycles. The lowest BCUT2D eigenvalue weighted by atomic mass is 10.2. The van der Waals surface area contributed by atoms with Crippen molar-refractivity contribution in [3.8, 4) is 0 Å². The maximum Gasteiger partial charge on any atom is 0.389 e. The number of benzene rings is 1. The largest absolute Gasteiger partial charge is 1.00 e. The summed E-state index contributed by atoms with van der Waals surface area (Å²) >= 11 is 0. The smallest absolute Gasteiger partial charge is 0.389 e. The van der Waals surface area contributed by atoms with Crippen molar-refractivity contribution in [2.24, 2.45) is 0 Å². The van der Waals surface area contributed by atoms with Gasteiger partial charge in [-0.25, -0.2) is 4.57 Å². The van der Waals surface area contributed by atoms with Crippen LogP contribution in [0.1, 0.15) is 12.8 Å². The first-order valence-electron chi connectivity index (χ1n) is 5.49. The van der Waals surface area contributed by atoms with Crippen molar-refractivity contribution >= 4 is 10.8 Å². The summed E-state index contributed by atoms with van der Waals surface area (Å²) < 4.78 is 37.8. The topological polar surface area (TPSA) is 3.88 Å². The number of fused-ring (bicyclic) bond motifs is 1. The highest BCUT2D eigenvalue weighted by Gasteiger charge is 2.26.